The predicted octanol–water partition coefficient (Wildman–Crippen LogP) is 8.63. The molecular weight excluding hydrogens is 939 g/mol. The van der Waals surface area contributed by atoms with Crippen LogP contribution in [0.25, 0.3) is 21.5 Å². The maximum atomic E-state index is 13.0. The number of amides is 1. The summed E-state index contributed by atoms with van der Waals surface area (Å²) in [6.45, 7) is 0. The molecule has 1 amide bonds. The van der Waals surface area contributed by atoms with Crippen molar-refractivity contribution in [3.05, 3.63) is 127 Å². The Morgan fingerprint density at radius 2 is 0.859 bits per heavy atom. The Morgan fingerprint density at radius 1 is 0.469 bits per heavy atom. The lowest BCUT2D eigenvalue weighted by Gasteiger charge is -2.10. The van der Waals surface area contributed by atoms with Gasteiger partial charge in [0.25, 0.3) is 46.4 Å². The molecule has 0 unspecified atom stereocenters. The molecule has 0 heterocycles. The van der Waals surface area contributed by atoms with Crippen LogP contribution in [0.5, 0.6) is 11.5 Å². The van der Waals surface area contributed by atoms with Crippen molar-refractivity contribution in [3.8, 4) is 11.5 Å². The van der Waals surface area contributed by atoms with Gasteiger partial charge in [-0.2, -0.15) is 43.9 Å². The molecule has 7 aromatic carbocycles. The molecule has 0 aromatic heterocycles. The predicted molar refractivity (Wildman–Crippen MR) is 230 cm³/mol. The average Bonchev–Trinajstić information content (AvgIpc) is 3.22. The van der Waals surface area contributed by atoms with Crippen LogP contribution in [0.15, 0.2) is 171 Å². The van der Waals surface area contributed by atoms with Crippen LogP contribution in [0.1, 0.15) is 10.4 Å². The number of carbonyl (C=O) groups excluding carboxylic acids is 1. The lowest BCUT2D eigenvalue weighted by atomic mass is 10.1. The molecule has 0 radical (unpaired) electrons. The lowest BCUT2D eigenvalue weighted by Crippen LogP contribution is -2.11. The number of hydrogen-bond donors (Lipinski definition) is 7. The van der Waals surface area contributed by atoms with Gasteiger partial charge in [0.15, 0.2) is 11.5 Å². The molecule has 25 heteroatoms. The number of nitrogens with one attached hydrogen (secondary N) is 1. The number of anilines is 1. The van der Waals surface area contributed by atoms with Gasteiger partial charge in [0.05, 0.1) is 21.2 Å². The summed E-state index contributed by atoms with van der Waals surface area (Å²) in [6.07, 6.45) is 0. The van der Waals surface area contributed by atoms with Crippen molar-refractivity contribution >= 4 is 108 Å². The number of benzene rings is 7. The third-order valence-electron chi connectivity index (χ3n) is 9.04. The fraction of sp³-hybridized carbons (Fsp3) is 0. The molecule has 7 aromatic rings. The highest BCUT2D eigenvalue weighted by Gasteiger charge is 2.25. The van der Waals surface area contributed by atoms with Crippen LogP contribution in [0.2, 0.25) is 0 Å². The number of nitrogens with zero attached hydrogens (tertiary/aromatic N) is 4. The molecule has 0 aliphatic carbocycles. The van der Waals surface area contributed by atoms with Crippen molar-refractivity contribution < 1.29 is 66.9 Å². The first kappa shape index (κ1) is 45.3. The zero-order valence-electron chi connectivity index (χ0n) is 31.7. The van der Waals surface area contributed by atoms with Crippen molar-refractivity contribution in [3.63, 3.8) is 0 Å². The van der Waals surface area contributed by atoms with Crippen LogP contribution in [0, 0.1) is 0 Å². The summed E-state index contributed by atoms with van der Waals surface area (Å²) in [5.74, 6) is -2.39. The molecular formula is C39H27N5O15S5. The number of hydrogen-bond acceptors (Lipinski definition) is 16. The van der Waals surface area contributed by atoms with E-state index in [0.717, 1.165) is 52.3 Å². The monoisotopic (exact) mass is 965 g/mol. The molecule has 0 aliphatic heterocycles. The van der Waals surface area contributed by atoms with Crippen LogP contribution >= 0.6 is 11.8 Å². The molecule has 0 saturated carbocycles. The van der Waals surface area contributed by atoms with E-state index in [1.54, 1.807) is 48.5 Å². The number of carbonyl (C=O) groups is 1. The molecule has 20 nitrogen and oxygen atoms in total. The standard InChI is InChI=1S/C39H27N5O15S5/c45-37-33(63(54,55)56)19-22-17-29(61(48,49)50)13-15-31(22)35(37)43-41-25-3-1-21(2-4-25)39(47)40-24-5-9-27(10-6-24)60-28-11-7-26(8-12-28)42-44-36-32-16-14-30(62(51,52)53)18-23(32)20-34(38(36)46)64(57,58)59/h1-20,45-46H,(H,40,47)(H,48,49,50)(H,51,52,53)(H,54,55,56)(H,57,58,59). The van der Waals surface area contributed by atoms with Crippen molar-refractivity contribution in [1.29, 1.82) is 0 Å². The Bertz CT molecular complexity index is 3570. The summed E-state index contributed by atoms with van der Waals surface area (Å²) in [4.78, 5) is 11.5. The van der Waals surface area contributed by atoms with Crippen LogP contribution in [-0.2, 0) is 40.5 Å². The molecule has 0 aliphatic rings. The maximum absolute atomic E-state index is 13.0. The molecule has 7 N–H and O–H groups in total. The summed E-state index contributed by atoms with van der Waals surface area (Å²) in [7, 11) is -19.4. The second kappa shape index (κ2) is 17.1. The minimum Gasteiger partial charge on any atom is -0.504 e. The minimum absolute atomic E-state index is 0.0340. The van der Waals surface area contributed by atoms with E-state index in [1.165, 1.54) is 42.1 Å². The zero-order valence-corrected chi connectivity index (χ0v) is 35.8. The number of aromatic hydroxyl groups is 2. The van der Waals surface area contributed by atoms with Gasteiger partial charge in [-0.15, -0.1) is 10.2 Å². The smallest absolute Gasteiger partial charge is 0.298 e. The van der Waals surface area contributed by atoms with Crippen molar-refractivity contribution in [2.45, 2.75) is 29.4 Å². The van der Waals surface area contributed by atoms with E-state index in [9.17, 15) is 66.9 Å². The summed E-state index contributed by atoms with van der Waals surface area (Å²) >= 11 is 1.36. The highest BCUT2D eigenvalue weighted by molar-refractivity contribution is 7.99. The van der Waals surface area contributed by atoms with Gasteiger partial charge in [-0.1, -0.05) is 23.9 Å². The molecule has 0 spiro atoms. The first-order valence-electron chi connectivity index (χ1n) is 17.6. The zero-order chi connectivity index (χ0) is 46.4. The van der Waals surface area contributed by atoms with Gasteiger partial charge in [-0.25, -0.2) is 0 Å². The number of phenols is 2. The van der Waals surface area contributed by atoms with Crippen LogP contribution in [0.4, 0.5) is 28.4 Å². The molecule has 328 valence electrons. The van der Waals surface area contributed by atoms with E-state index >= 15 is 0 Å². The Balaban J connectivity index is 1.01. The van der Waals surface area contributed by atoms with Gasteiger partial charge in [0, 0.05) is 31.8 Å². The fourth-order valence-electron chi connectivity index (χ4n) is 6.00. The van der Waals surface area contributed by atoms with E-state index in [2.05, 4.69) is 25.8 Å². The van der Waals surface area contributed by atoms with Crippen LogP contribution < -0.4 is 5.32 Å². The average molecular weight is 966 g/mol. The summed E-state index contributed by atoms with van der Waals surface area (Å²) in [6, 6.07) is 26.9. The fourth-order valence-corrected chi connectivity index (χ4v) is 9.08. The van der Waals surface area contributed by atoms with Crippen molar-refractivity contribution in [2.75, 3.05) is 5.32 Å². The Hall–Kier alpha value is -6.68. The van der Waals surface area contributed by atoms with Gasteiger partial charge < -0.3 is 15.5 Å². The summed E-state index contributed by atoms with van der Waals surface area (Å²) in [5, 5.41) is 39.9. The molecule has 64 heavy (non-hydrogen) atoms. The third kappa shape index (κ3) is 10.1. The van der Waals surface area contributed by atoms with Crippen molar-refractivity contribution in [1.82, 2.24) is 0 Å². The lowest BCUT2D eigenvalue weighted by molar-refractivity contribution is 0.102. The Morgan fingerprint density at radius 3 is 1.25 bits per heavy atom. The third-order valence-corrected chi connectivity index (χ3v) is 13.5. The van der Waals surface area contributed by atoms with Gasteiger partial charge in [-0.05, 0) is 120 Å². The Labute approximate surface area is 366 Å². The Kier molecular flexibility index (Phi) is 12.1. The second-order valence-corrected chi connectivity index (χ2v) is 20.1. The second-order valence-electron chi connectivity index (χ2n) is 13.3. The minimum atomic E-state index is -5.01. The normalized spacial score (nSPS) is 12.7. The van der Waals surface area contributed by atoms with Gasteiger partial charge >= 0.3 is 0 Å². The largest absolute Gasteiger partial charge is 0.504 e. The molecule has 0 atom stereocenters. The number of azo groups is 2. The van der Waals surface area contributed by atoms with Gasteiger partial charge in [0.2, 0.25) is 0 Å². The highest BCUT2D eigenvalue weighted by Crippen LogP contribution is 2.43. The van der Waals surface area contributed by atoms with Crippen LogP contribution in [-0.4, -0.2) is 68.0 Å². The van der Waals surface area contributed by atoms with E-state index in [-0.39, 0.29) is 44.2 Å². The van der Waals surface area contributed by atoms with E-state index in [4.69, 9.17) is 0 Å². The highest BCUT2D eigenvalue weighted by atomic mass is 32.2. The van der Waals surface area contributed by atoms with E-state index in [0.29, 0.717) is 5.69 Å². The first-order valence-corrected chi connectivity index (χ1v) is 24.2. The summed E-state index contributed by atoms with van der Waals surface area (Å²) in [5.41, 5.74) is 0.284. The summed E-state index contributed by atoms with van der Waals surface area (Å²) < 4.78 is 132. The van der Waals surface area contributed by atoms with Crippen molar-refractivity contribution in [2.24, 2.45) is 20.5 Å². The van der Waals surface area contributed by atoms with Gasteiger partial charge in [0.1, 0.15) is 21.2 Å². The maximum Gasteiger partial charge on any atom is 0.298 e. The van der Waals surface area contributed by atoms with Gasteiger partial charge in [-0.3, -0.25) is 23.0 Å². The number of phenolic OH excluding ortho intramolecular Hbond substituents is 2. The molecule has 0 bridgehead atoms. The first-order chi connectivity index (χ1) is 30.0. The van der Waals surface area contributed by atoms with E-state index < -0.39 is 83.1 Å². The number of rotatable bonds is 12. The van der Waals surface area contributed by atoms with Crippen LogP contribution in [0.3, 0.4) is 0 Å². The number of fused-ring (bicyclic) bond motifs is 2. The molecule has 0 fully saturated rings. The topological polar surface area (TPSA) is 336 Å². The molecule has 7 rings (SSSR count). The van der Waals surface area contributed by atoms with E-state index in [1.807, 2.05) is 0 Å². The SMILES string of the molecule is O=C(Nc1ccc(Sc2ccc(N=Nc3c(O)c(S(=O)(=O)O)cc4cc(S(=O)(=O)O)ccc34)cc2)cc1)c1ccc(N=Nc2c(O)c(S(=O)(=O)O)cc3cc(S(=O)(=O)O)ccc23)cc1. The quantitative estimate of drug-likeness (QED) is 0.0445. The molecule has 0 saturated heterocycles.